The van der Waals surface area contributed by atoms with E-state index in [1.165, 1.54) is 30.3 Å². The minimum Gasteiger partial charge on any atom is -0.406 e. The highest BCUT2D eigenvalue weighted by Crippen LogP contribution is 2.32. The van der Waals surface area contributed by atoms with Crippen LogP contribution >= 0.6 is 12.4 Å². The van der Waals surface area contributed by atoms with Crippen LogP contribution in [0.5, 0.6) is 5.75 Å². The van der Waals surface area contributed by atoms with E-state index in [0.29, 0.717) is 0 Å². The molecule has 0 saturated heterocycles. The second-order valence-corrected chi connectivity index (χ2v) is 4.93. The molecule has 0 bridgehead atoms. The van der Waals surface area contributed by atoms with Crippen LogP contribution < -0.4 is 10.5 Å². The average Bonchev–Trinajstić information content (AvgIpc) is 2.51. The third kappa shape index (κ3) is 6.14. The SMILES string of the molecule is Cl.NC(=NCc1ccccc1C(F)(F)F)c1ccc(OC(F)(F)F)cc1. The Bertz CT molecular complexity index is 757. The molecule has 2 aromatic carbocycles. The zero-order valence-electron chi connectivity index (χ0n) is 12.9. The van der Waals surface area contributed by atoms with Crippen molar-refractivity contribution in [2.24, 2.45) is 10.7 Å². The highest BCUT2D eigenvalue weighted by molar-refractivity contribution is 5.97. The summed E-state index contributed by atoms with van der Waals surface area (Å²) in [7, 11) is 0. The first-order valence-corrected chi connectivity index (χ1v) is 6.87. The molecule has 0 aromatic heterocycles. The molecule has 2 aromatic rings. The van der Waals surface area contributed by atoms with E-state index in [9.17, 15) is 26.3 Å². The summed E-state index contributed by atoms with van der Waals surface area (Å²) >= 11 is 0. The van der Waals surface area contributed by atoms with Crippen LogP contribution in [0.15, 0.2) is 53.5 Å². The normalized spacial score (nSPS) is 12.5. The first kappa shape index (κ1) is 21.6. The fraction of sp³-hybridized carbons (Fsp3) is 0.188. The van der Waals surface area contributed by atoms with Crippen LogP contribution in [0.3, 0.4) is 0 Å². The van der Waals surface area contributed by atoms with E-state index < -0.39 is 23.9 Å². The van der Waals surface area contributed by atoms with Crippen molar-refractivity contribution in [3.63, 3.8) is 0 Å². The van der Waals surface area contributed by atoms with Crippen LogP contribution in [0.1, 0.15) is 16.7 Å². The van der Waals surface area contributed by atoms with Gasteiger partial charge in [0.05, 0.1) is 12.1 Å². The van der Waals surface area contributed by atoms with Crippen LogP contribution in [0.25, 0.3) is 0 Å². The number of alkyl halides is 6. The molecule has 0 spiro atoms. The van der Waals surface area contributed by atoms with Gasteiger partial charge in [0, 0.05) is 5.56 Å². The second-order valence-electron chi connectivity index (χ2n) is 4.93. The van der Waals surface area contributed by atoms with Gasteiger partial charge in [-0.2, -0.15) is 13.2 Å². The number of hydrogen-bond donors (Lipinski definition) is 1. The molecule has 0 aliphatic carbocycles. The summed E-state index contributed by atoms with van der Waals surface area (Å²) < 4.78 is 78.6. The molecule has 0 radical (unpaired) electrons. The summed E-state index contributed by atoms with van der Waals surface area (Å²) in [5.41, 5.74) is 5.07. The van der Waals surface area contributed by atoms with E-state index in [4.69, 9.17) is 5.73 Å². The summed E-state index contributed by atoms with van der Waals surface area (Å²) in [5, 5.41) is 0. The lowest BCUT2D eigenvalue weighted by Crippen LogP contribution is -2.18. The van der Waals surface area contributed by atoms with Gasteiger partial charge in [-0.1, -0.05) is 18.2 Å². The van der Waals surface area contributed by atoms with Crippen molar-refractivity contribution in [1.29, 1.82) is 0 Å². The predicted octanol–water partition coefficient (Wildman–Crippen LogP) is 4.93. The van der Waals surface area contributed by atoms with E-state index in [0.717, 1.165) is 18.2 Å². The van der Waals surface area contributed by atoms with Crippen molar-refractivity contribution in [3.8, 4) is 5.75 Å². The van der Waals surface area contributed by atoms with Gasteiger partial charge in [-0.25, -0.2) is 0 Å². The number of halogens is 7. The molecule has 10 heteroatoms. The molecule has 0 fully saturated rings. The van der Waals surface area contributed by atoms with Crippen LogP contribution in [-0.2, 0) is 12.7 Å². The van der Waals surface area contributed by atoms with Gasteiger partial charge in [0.25, 0.3) is 0 Å². The van der Waals surface area contributed by atoms with E-state index in [1.807, 2.05) is 0 Å². The van der Waals surface area contributed by atoms with Crippen molar-refractivity contribution < 1.29 is 31.1 Å². The molecule has 0 aliphatic heterocycles. The lowest BCUT2D eigenvalue weighted by Gasteiger charge is -2.11. The fourth-order valence-electron chi connectivity index (χ4n) is 2.02. The summed E-state index contributed by atoms with van der Waals surface area (Å²) in [5.74, 6) is -0.540. The lowest BCUT2D eigenvalue weighted by atomic mass is 10.1. The molecule has 0 amide bonds. The number of benzene rings is 2. The quantitative estimate of drug-likeness (QED) is 0.451. The average molecular weight is 399 g/mol. The Kier molecular flexibility index (Phi) is 6.91. The lowest BCUT2D eigenvalue weighted by molar-refractivity contribution is -0.274. The first-order chi connectivity index (χ1) is 11.6. The Hall–Kier alpha value is -2.42. The summed E-state index contributed by atoms with van der Waals surface area (Å²) in [4.78, 5) is 3.87. The first-order valence-electron chi connectivity index (χ1n) is 6.87. The van der Waals surface area contributed by atoms with Crippen molar-refractivity contribution in [1.82, 2.24) is 0 Å². The zero-order chi connectivity index (χ0) is 18.7. The molecule has 2 N–H and O–H groups in total. The van der Waals surface area contributed by atoms with Crippen LogP contribution in [-0.4, -0.2) is 12.2 Å². The molecule has 0 aliphatic rings. The van der Waals surface area contributed by atoms with Gasteiger partial charge in [-0.05, 0) is 35.9 Å². The van der Waals surface area contributed by atoms with Gasteiger partial charge < -0.3 is 10.5 Å². The standard InChI is InChI=1S/C16H12F6N2O.ClH/c17-15(18,19)13-4-2-1-3-11(13)9-24-14(23)10-5-7-12(8-6-10)25-16(20,21)22;/h1-8H,9H2,(H2,23,24);1H. The largest absolute Gasteiger partial charge is 0.573 e. The minimum atomic E-state index is -4.82. The molecular formula is C16H13ClF6N2O. The number of amidine groups is 1. The van der Waals surface area contributed by atoms with E-state index >= 15 is 0 Å². The van der Waals surface area contributed by atoms with Gasteiger partial charge in [-0.15, -0.1) is 25.6 Å². The Morgan fingerprint density at radius 2 is 1.50 bits per heavy atom. The summed E-state index contributed by atoms with van der Waals surface area (Å²) in [6.07, 6.45) is -9.33. The number of nitrogens with zero attached hydrogens (tertiary/aromatic N) is 1. The van der Waals surface area contributed by atoms with E-state index in [2.05, 4.69) is 9.73 Å². The molecule has 0 saturated carbocycles. The molecule has 142 valence electrons. The maximum atomic E-state index is 12.9. The van der Waals surface area contributed by atoms with Gasteiger partial charge in [-0.3, -0.25) is 4.99 Å². The van der Waals surface area contributed by atoms with Crippen molar-refractivity contribution in [3.05, 3.63) is 65.2 Å². The number of rotatable bonds is 4. The van der Waals surface area contributed by atoms with Crippen molar-refractivity contribution in [2.75, 3.05) is 0 Å². The maximum absolute atomic E-state index is 12.9. The number of ether oxygens (including phenoxy) is 1. The smallest absolute Gasteiger partial charge is 0.406 e. The molecule has 0 heterocycles. The molecular weight excluding hydrogens is 386 g/mol. The van der Waals surface area contributed by atoms with Crippen molar-refractivity contribution >= 4 is 18.2 Å². The predicted molar refractivity (Wildman–Crippen MR) is 86.2 cm³/mol. The Morgan fingerprint density at radius 1 is 0.923 bits per heavy atom. The Labute approximate surface area is 150 Å². The van der Waals surface area contributed by atoms with Crippen LogP contribution in [0.2, 0.25) is 0 Å². The molecule has 0 unspecified atom stereocenters. The Morgan fingerprint density at radius 3 is 2.04 bits per heavy atom. The number of nitrogens with two attached hydrogens (primary N) is 1. The van der Waals surface area contributed by atoms with Crippen molar-refractivity contribution in [2.45, 2.75) is 19.1 Å². The molecule has 3 nitrogen and oxygen atoms in total. The van der Waals surface area contributed by atoms with E-state index in [1.54, 1.807) is 0 Å². The summed E-state index contributed by atoms with van der Waals surface area (Å²) in [6.45, 7) is -0.317. The number of hydrogen-bond acceptors (Lipinski definition) is 2. The molecule has 26 heavy (non-hydrogen) atoms. The van der Waals surface area contributed by atoms with Crippen LogP contribution in [0, 0.1) is 0 Å². The third-order valence-electron chi connectivity index (χ3n) is 3.13. The van der Waals surface area contributed by atoms with Gasteiger partial charge in [0.1, 0.15) is 11.6 Å². The zero-order valence-corrected chi connectivity index (χ0v) is 13.8. The maximum Gasteiger partial charge on any atom is 0.573 e. The third-order valence-corrected chi connectivity index (χ3v) is 3.13. The second kappa shape index (κ2) is 8.31. The Balaban J connectivity index is 0.00000338. The minimum absolute atomic E-state index is 0. The highest BCUT2D eigenvalue weighted by atomic mass is 35.5. The molecule has 2 rings (SSSR count). The fourth-order valence-corrected chi connectivity index (χ4v) is 2.02. The topological polar surface area (TPSA) is 47.6 Å². The van der Waals surface area contributed by atoms with Gasteiger partial charge >= 0.3 is 12.5 Å². The molecule has 0 atom stereocenters. The highest BCUT2D eigenvalue weighted by Gasteiger charge is 2.33. The van der Waals surface area contributed by atoms with Gasteiger partial charge in [0.2, 0.25) is 0 Å². The number of aliphatic imine (C=N–C) groups is 1. The monoisotopic (exact) mass is 398 g/mol. The van der Waals surface area contributed by atoms with Gasteiger partial charge in [0.15, 0.2) is 0 Å². The summed E-state index contributed by atoms with van der Waals surface area (Å²) in [6, 6.07) is 9.46. The van der Waals surface area contributed by atoms with Crippen LogP contribution in [0.4, 0.5) is 26.3 Å². The van der Waals surface area contributed by atoms with E-state index in [-0.39, 0.29) is 35.9 Å².